The van der Waals surface area contributed by atoms with Crippen LogP contribution >= 0.6 is 22.7 Å². The summed E-state index contributed by atoms with van der Waals surface area (Å²) < 4.78 is 5.08. The molecule has 0 saturated carbocycles. The predicted molar refractivity (Wildman–Crippen MR) is 348 cm³/mol. The summed E-state index contributed by atoms with van der Waals surface area (Å²) in [4.78, 5) is 122. The molecule has 476 valence electrons. The van der Waals surface area contributed by atoms with Gasteiger partial charge in [0.1, 0.15) is 11.4 Å². The van der Waals surface area contributed by atoms with Gasteiger partial charge < -0.3 is 46.4 Å². The van der Waals surface area contributed by atoms with E-state index >= 15 is 0 Å². The number of nitrogens with one attached hydrogen (secondary N) is 2. The Morgan fingerprint density at radius 3 is 1.51 bits per heavy atom. The molecule has 20 heteroatoms. The zero-order valence-electron chi connectivity index (χ0n) is 52.5. The Kier molecular flexibility index (Phi) is 25.4. The van der Waals surface area contributed by atoms with Gasteiger partial charge in [-0.15, -0.1) is 0 Å². The lowest BCUT2D eigenvalue weighted by molar-refractivity contribution is -0.133. The summed E-state index contributed by atoms with van der Waals surface area (Å²) in [7, 11) is 0. The lowest BCUT2D eigenvalue weighted by Gasteiger charge is -2.37. The summed E-state index contributed by atoms with van der Waals surface area (Å²) >= 11 is 3.15. The number of carbonyl (C=O) groups excluding carboxylic acids is 9. The van der Waals surface area contributed by atoms with Crippen molar-refractivity contribution in [1.82, 2.24) is 10.6 Å². The van der Waals surface area contributed by atoms with Crippen LogP contribution in [0.3, 0.4) is 0 Å². The fourth-order valence-corrected chi connectivity index (χ4v) is 12.4. The number of nitrogens with two attached hydrogens (primary N) is 2. The van der Waals surface area contributed by atoms with Gasteiger partial charge in [-0.2, -0.15) is 22.7 Å². The van der Waals surface area contributed by atoms with Gasteiger partial charge >= 0.3 is 6.09 Å². The standard InChI is InChI=1S/C30H40N4O4S.C25H31N3O3S.C11H21NO3.CH4/c1-5-30(4,31)29(38)32-23(14-19(2)3)25(35)16-22-15-21-8-6-9-24(33-12-7-10-26(33)36)27(21)34(28(22)37)17-20-11-13-39-18-20;1-16(2)11-20(26)22(29)13-19-12-18-5-3-6-21(27-9-4-7-23(27)30)24(18)28(25(19)31)14-17-8-10-32-15-17;1-7-11(6,8(2)13)12-9(14)15-10(3,4)5;/h6,8-9,11,13,18-19,22-23H,5,7,10,12,14-17,31H2,1-4H3,(H,32,38);3,5-6,8,10,15-16,19-20H,4,7,9,11-14,26H2,1-2H3;7H2,1-6H3,(H,12,14);1H4/t22?,23-,30-;19?,20-;11-;/m111./s1. The van der Waals surface area contributed by atoms with Crippen LogP contribution in [0.2, 0.25) is 0 Å². The van der Waals surface area contributed by atoms with Crippen molar-refractivity contribution in [2.45, 2.75) is 209 Å². The minimum Gasteiger partial charge on any atom is -0.444 e. The molecule has 6 atom stereocenters. The Hall–Kier alpha value is -6.61. The summed E-state index contributed by atoms with van der Waals surface area (Å²) in [5.74, 6) is -1.18. The maximum atomic E-state index is 14.0. The SMILES string of the molecule is C.CC(C)C[C@@H](N)C(=O)CC1Cc2cccc(N3CCCC3=O)c2N(Cc2ccsc2)C1=O.CC[C@@](C)(N)C(=O)N[C@H](CC(C)C)C(=O)CC1Cc2cccc(N3CCCC3=O)c2N(Cc2ccsc2)C1=O.CC[C@@](C)(NC(=O)OC(C)(C)C)C(C)=O. The highest BCUT2D eigenvalue weighted by atomic mass is 32.1. The third kappa shape index (κ3) is 18.7. The third-order valence-corrected chi connectivity index (χ3v) is 17.9. The maximum Gasteiger partial charge on any atom is 0.408 e. The Balaban J connectivity index is 0.000000259. The van der Waals surface area contributed by atoms with Gasteiger partial charge in [0.25, 0.3) is 0 Å². The number of thiophene rings is 2. The van der Waals surface area contributed by atoms with Crippen molar-refractivity contribution in [1.29, 1.82) is 0 Å². The molecule has 0 bridgehead atoms. The zero-order chi connectivity index (χ0) is 63.4. The second kappa shape index (κ2) is 31.0. The number of hydrogen-bond donors (Lipinski definition) is 4. The molecule has 4 aliphatic rings. The van der Waals surface area contributed by atoms with Crippen molar-refractivity contribution in [3.8, 4) is 0 Å². The monoisotopic (exact) mass is 1240 g/mol. The molecule has 6 amide bonds. The molecule has 0 spiro atoms. The highest BCUT2D eigenvalue weighted by Crippen LogP contribution is 2.44. The number of ketones is 3. The second-order valence-electron chi connectivity index (χ2n) is 25.7. The first-order valence-electron chi connectivity index (χ1n) is 30.4. The Bertz CT molecular complexity index is 3060. The van der Waals surface area contributed by atoms with Crippen molar-refractivity contribution in [2.24, 2.45) is 35.1 Å². The second-order valence-corrected chi connectivity index (χ2v) is 27.2. The van der Waals surface area contributed by atoms with Gasteiger partial charge in [0, 0.05) is 50.6 Å². The van der Waals surface area contributed by atoms with Gasteiger partial charge in [0.15, 0.2) is 11.6 Å². The molecule has 2 aromatic carbocycles. The number of anilines is 4. The van der Waals surface area contributed by atoms with E-state index in [-0.39, 0.29) is 73.1 Å². The van der Waals surface area contributed by atoms with Gasteiger partial charge in [0.2, 0.25) is 29.5 Å². The first kappa shape index (κ1) is 71.1. The molecule has 0 aliphatic carbocycles. The molecule has 6 N–H and O–H groups in total. The van der Waals surface area contributed by atoms with Crippen LogP contribution in [0, 0.1) is 23.7 Å². The summed E-state index contributed by atoms with van der Waals surface area (Å²) in [6.45, 7) is 24.0. The summed E-state index contributed by atoms with van der Waals surface area (Å²) in [5.41, 5.74) is 17.0. The third-order valence-electron chi connectivity index (χ3n) is 16.4. The van der Waals surface area contributed by atoms with E-state index < -0.39 is 46.7 Å². The minimum atomic E-state index is -1.07. The van der Waals surface area contributed by atoms with Crippen LogP contribution in [0.25, 0.3) is 0 Å². The molecule has 4 aromatic rings. The van der Waals surface area contributed by atoms with Crippen molar-refractivity contribution in [2.75, 3.05) is 32.7 Å². The highest BCUT2D eigenvalue weighted by Gasteiger charge is 2.42. The van der Waals surface area contributed by atoms with Gasteiger partial charge in [0.05, 0.1) is 59.0 Å². The summed E-state index contributed by atoms with van der Waals surface area (Å²) in [5, 5.41) is 13.5. The summed E-state index contributed by atoms with van der Waals surface area (Å²) in [6, 6.07) is 14.5. The normalized spacial score (nSPS) is 18.7. The van der Waals surface area contributed by atoms with Crippen LogP contribution in [0.4, 0.5) is 27.5 Å². The lowest BCUT2D eigenvalue weighted by Crippen LogP contribution is -2.56. The van der Waals surface area contributed by atoms with E-state index in [4.69, 9.17) is 16.2 Å². The Morgan fingerprint density at radius 2 is 1.14 bits per heavy atom. The fourth-order valence-electron chi connectivity index (χ4n) is 11.1. The molecule has 2 unspecified atom stereocenters. The molecular formula is C67H96N8O10S2. The van der Waals surface area contributed by atoms with Gasteiger partial charge in [-0.25, -0.2) is 4.79 Å². The molecule has 8 rings (SSSR count). The maximum absolute atomic E-state index is 14.0. The van der Waals surface area contributed by atoms with Crippen LogP contribution in [-0.2, 0) is 69.0 Å². The van der Waals surface area contributed by atoms with Crippen LogP contribution in [0.1, 0.15) is 177 Å². The number of alkyl carbamates (subject to hydrolysis) is 1. The van der Waals surface area contributed by atoms with E-state index in [9.17, 15) is 43.2 Å². The topological polar surface area (TPSA) is 252 Å². The summed E-state index contributed by atoms with van der Waals surface area (Å²) in [6.07, 6.45) is 5.25. The number of carbonyl (C=O) groups is 9. The lowest BCUT2D eigenvalue weighted by atomic mass is 9.84. The largest absolute Gasteiger partial charge is 0.444 e. The first-order valence-corrected chi connectivity index (χ1v) is 32.3. The molecule has 87 heavy (non-hydrogen) atoms. The van der Waals surface area contributed by atoms with E-state index in [0.717, 1.165) is 57.8 Å². The number of amides is 6. The van der Waals surface area contributed by atoms with E-state index in [1.165, 1.54) is 6.92 Å². The zero-order valence-corrected chi connectivity index (χ0v) is 54.2. The molecular weight excluding hydrogens is 1140 g/mol. The number of fused-ring (bicyclic) bond motifs is 2. The van der Waals surface area contributed by atoms with E-state index in [2.05, 4.69) is 10.6 Å². The average Bonchev–Trinajstić information content (AvgIpc) is 2.33. The number of rotatable bonds is 22. The van der Waals surface area contributed by atoms with Gasteiger partial charge in [-0.05, 0) is 173 Å². The van der Waals surface area contributed by atoms with Crippen molar-refractivity contribution in [3.05, 3.63) is 92.3 Å². The van der Waals surface area contributed by atoms with E-state index in [0.29, 0.717) is 83.5 Å². The highest BCUT2D eigenvalue weighted by molar-refractivity contribution is 7.08. The molecule has 4 aliphatic heterocycles. The van der Waals surface area contributed by atoms with E-state index in [1.807, 2.05) is 112 Å². The number of para-hydroxylation sites is 2. The number of nitrogens with zero attached hydrogens (tertiary/aromatic N) is 4. The Morgan fingerprint density at radius 1 is 0.678 bits per heavy atom. The predicted octanol–water partition coefficient (Wildman–Crippen LogP) is 11.0. The van der Waals surface area contributed by atoms with Gasteiger partial charge in [-0.1, -0.05) is 73.2 Å². The molecule has 2 aromatic heterocycles. The van der Waals surface area contributed by atoms with Crippen LogP contribution in [0.5, 0.6) is 0 Å². The molecule has 2 fully saturated rings. The number of Topliss-reactive ketones (excluding diaryl/α,β-unsaturated/α-hetero) is 3. The molecule has 0 radical (unpaired) electrons. The van der Waals surface area contributed by atoms with Gasteiger partial charge in [-0.3, -0.25) is 38.4 Å². The molecule has 18 nitrogen and oxygen atoms in total. The Labute approximate surface area is 523 Å². The number of ether oxygens (including phenoxy) is 1. The quantitative estimate of drug-likeness (QED) is 0.0573. The van der Waals surface area contributed by atoms with Crippen molar-refractivity contribution >= 4 is 98.4 Å². The first-order chi connectivity index (χ1) is 40.5. The fraction of sp³-hybridized carbons (Fsp3) is 0.567. The number of benzene rings is 2. The van der Waals surface area contributed by atoms with Crippen molar-refractivity contribution < 1.29 is 47.9 Å². The van der Waals surface area contributed by atoms with Crippen LogP contribution in [0.15, 0.2) is 70.1 Å². The average molecular weight is 1240 g/mol. The van der Waals surface area contributed by atoms with Crippen LogP contribution < -0.4 is 41.7 Å². The molecule has 6 heterocycles. The van der Waals surface area contributed by atoms with E-state index in [1.54, 1.807) is 76.9 Å². The minimum absolute atomic E-state index is 0. The van der Waals surface area contributed by atoms with Crippen molar-refractivity contribution in [3.63, 3.8) is 0 Å². The smallest absolute Gasteiger partial charge is 0.408 e. The molecule has 2 saturated heterocycles. The number of hydrogen-bond acceptors (Lipinski definition) is 14. The van der Waals surface area contributed by atoms with Crippen LogP contribution in [-0.4, -0.2) is 94.8 Å².